The van der Waals surface area contributed by atoms with E-state index >= 15 is 0 Å². The number of carbonyl (C=O) groups excluding carboxylic acids is 2. The van der Waals surface area contributed by atoms with Gasteiger partial charge in [-0.25, -0.2) is 4.57 Å². The van der Waals surface area contributed by atoms with Crippen LogP contribution in [0, 0.1) is 0 Å². The van der Waals surface area contributed by atoms with Crippen LogP contribution in [-0.4, -0.2) is 43.3 Å². The number of unbranched alkanes of at least 4 members (excludes halogenated alkanes) is 12. The van der Waals surface area contributed by atoms with Gasteiger partial charge in [0, 0.05) is 20.0 Å². The van der Waals surface area contributed by atoms with E-state index in [0.29, 0.717) is 6.42 Å². The van der Waals surface area contributed by atoms with E-state index in [0.717, 1.165) is 90.6 Å². The lowest BCUT2D eigenvalue weighted by molar-refractivity contribution is -0.161. The average molecular weight is 695 g/mol. The van der Waals surface area contributed by atoms with E-state index in [4.69, 9.17) is 14.0 Å². The van der Waals surface area contributed by atoms with Crippen molar-refractivity contribution in [2.45, 2.75) is 155 Å². The molecule has 2 unspecified atom stereocenters. The van der Waals surface area contributed by atoms with Crippen molar-refractivity contribution in [2.75, 3.05) is 20.3 Å². The summed E-state index contributed by atoms with van der Waals surface area (Å²) in [5, 5.41) is 0. The normalized spacial score (nSPS) is 14.2. The molecule has 0 aromatic carbocycles. The first-order valence-electron chi connectivity index (χ1n) is 18.5. The van der Waals surface area contributed by atoms with E-state index in [2.05, 4.69) is 79.1 Å². The number of esters is 2. The maximum absolute atomic E-state index is 12.4. The Hall–Kier alpha value is -2.25. The first kappa shape index (κ1) is 45.8. The van der Waals surface area contributed by atoms with Crippen LogP contribution in [0.5, 0.6) is 0 Å². The van der Waals surface area contributed by atoms with Crippen LogP contribution in [-0.2, 0) is 32.7 Å². The molecule has 2 atom stereocenters. The van der Waals surface area contributed by atoms with Gasteiger partial charge in [-0.15, -0.1) is 0 Å². The molecule has 0 aromatic rings. The van der Waals surface area contributed by atoms with E-state index in [9.17, 15) is 19.0 Å². The fourth-order valence-electron chi connectivity index (χ4n) is 4.64. The maximum Gasteiger partial charge on any atom is 0.472 e. The quantitative estimate of drug-likeness (QED) is 0.0313. The Balaban J connectivity index is 4.15. The summed E-state index contributed by atoms with van der Waals surface area (Å²) in [5.41, 5.74) is 0. The summed E-state index contributed by atoms with van der Waals surface area (Å²) in [4.78, 5) is 34.3. The van der Waals surface area contributed by atoms with Gasteiger partial charge in [0.15, 0.2) is 6.10 Å². The molecule has 0 saturated carbocycles. The number of rotatable bonds is 33. The number of hydrogen-bond donors (Lipinski definition) is 1. The summed E-state index contributed by atoms with van der Waals surface area (Å²) >= 11 is 0. The molecule has 8 nitrogen and oxygen atoms in total. The average Bonchev–Trinajstić information content (AvgIpc) is 3.07. The zero-order valence-electron chi connectivity index (χ0n) is 30.4. The summed E-state index contributed by atoms with van der Waals surface area (Å²) in [6.07, 6.45) is 41.3. The molecule has 9 heteroatoms. The van der Waals surface area contributed by atoms with Crippen LogP contribution in [0.2, 0.25) is 0 Å². The van der Waals surface area contributed by atoms with Gasteiger partial charge in [-0.3, -0.25) is 18.6 Å². The van der Waals surface area contributed by atoms with Crippen LogP contribution in [0.15, 0.2) is 60.8 Å². The predicted molar refractivity (Wildman–Crippen MR) is 198 cm³/mol. The minimum absolute atomic E-state index is 0.204. The SMILES string of the molecule is CC/C=C\C/C=C\C/C=C\CCCCCC(=O)OC(COC(=O)CCCCCCC/C=C\C/C=C\CCCCCC)COP(=O)(O)OC. The standard InChI is InChI=1S/C39H67O8P/c1-4-6-8-10-12-14-16-18-19-20-22-23-25-27-29-31-33-38(40)45-35-37(36-46-48(42,43)44-3)47-39(41)34-32-30-28-26-24-21-17-15-13-11-9-7-5-2/h7,9,13-16,19-21,24,37H,4-6,8,10-12,17-18,22-23,25-36H2,1-3H3,(H,42,43)/b9-7-,15-13-,16-14-,20-19-,24-21-. The molecule has 48 heavy (non-hydrogen) atoms. The van der Waals surface area contributed by atoms with Gasteiger partial charge in [0.2, 0.25) is 0 Å². The minimum atomic E-state index is -4.27. The highest BCUT2D eigenvalue weighted by Gasteiger charge is 2.24. The van der Waals surface area contributed by atoms with Gasteiger partial charge in [-0.1, -0.05) is 120 Å². The van der Waals surface area contributed by atoms with E-state index in [1.807, 2.05) is 0 Å². The van der Waals surface area contributed by atoms with Gasteiger partial charge in [-0.05, 0) is 77.0 Å². The van der Waals surface area contributed by atoms with Crippen LogP contribution in [0.3, 0.4) is 0 Å². The van der Waals surface area contributed by atoms with E-state index in [-0.39, 0.29) is 19.4 Å². The van der Waals surface area contributed by atoms with Crippen molar-refractivity contribution < 1.29 is 37.6 Å². The smallest absolute Gasteiger partial charge is 0.462 e. The molecular weight excluding hydrogens is 627 g/mol. The number of allylic oxidation sites excluding steroid dienone is 10. The largest absolute Gasteiger partial charge is 0.472 e. The molecule has 0 heterocycles. The lowest BCUT2D eigenvalue weighted by Crippen LogP contribution is -2.29. The fraction of sp³-hybridized carbons (Fsp3) is 0.692. The molecule has 0 aliphatic rings. The molecule has 0 radical (unpaired) electrons. The Morgan fingerprint density at radius 3 is 1.60 bits per heavy atom. The number of ether oxygens (including phenoxy) is 2. The Labute approximate surface area is 292 Å². The Bertz CT molecular complexity index is 969. The minimum Gasteiger partial charge on any atom is -0.462 e. The van der Waals surface area contributed by atoms with Crippen LogP contribution in [0.1, 0.15) is 149 Å². The van der Waals surface area contributed by atoms with Crippen LogP contribution in [0.25, 0.3) is 0 Å². The Morgan fingerprint density at radius 1 is 0.604 bits per heavy atom. The second-order valence-corrected chi connectivity index (χ2v) is 13.5. The number of hydrogen-bond acceptors (Lipinski definition) is 7. The van der Waals surface area contributed by atoms with E-state index in [1.165, 1.54) is 32.1 Å². The summed E-state index contributed by atoms with van der Waals surface area (Å²) in [6, 6.07) is 0. The molecule has 0 aliphatic carbocycles. The van der Waals surface area contributed by atoms with Gasteiger partial charge in [-0.2, -0.15) is 0 Å². The molecule has 0 saturated heterocycles. The van der Waals surface area contributed by atoms with Gasteiger partial charge < -0.3 is 14.4 Å². The van der Waals surface area contributed by atoms with Crippen LogP contribution < -0.4 is 0 Å². The summed E-state index contributed by atoms with van der Waals surface area (Å²) in [5.74, 6) is -0.861. The topological polar surface area (TPSA) is 108 Å². The third-order valence-electron chi connectivity index (χ3n) is 7.50. The third-order valence-corrected chi connectivity index (χ3v) is 8.43. The fourth-order valence-corrected chi connectivity index (χ4v) is 5.10. The number of phosphoric acid groups is 1. The van der Waals surface area contributed by atoms with Crippen molar-refractivity contribution >= 4 is 19.8 Å². The highest BCUT2D eigenvalue weighted by atomic mass is 31.2. The van der Waals surface area contributed by atoms with Crippen molar-refractivity contribution in [3.8, 4) is 0 Å². The Morgan fingerprint density at radius 2 is 1.06 bits per heavy atom. The summed E-state index contributed by atoms with van der Waals surface area (Å²) in [6.45, 7) is 3.69. The molecule has 1 N–H and O–H groups in total. The molecule has 0 bridgehead atoms. The lowest BCUT2D eigenvalue weighted by Gasteiger charge is -2.19. The molecule has 0 aliphatic heterocycles. The van der Waals surface area contributed by atoms with Gasteiger partial charge in [0.1, 0.15) is 6.61 Å². The van der Waals surface area contributed by atoms with Crippen molar-refractivity contribution in [2.24, 2.45) is 0 Å². The van der Waals surface area contributed by atoms with E-state index in [1.54, 1.807) is 0 Å². The van der Waals surface area contributed by atoms with Gasteiger partial charge >= 0.3 is 19.8 Å². The highest BCUT2D eigenvalue weighted by Crippen LogP contribution is 2.42. The zero-order valence-corrected chi connectivity index (χ0v) is 31.3. The van der Waals surface area contributed by atoms with Gasteiger partial charge in [0.05, 0.1) is 6.61 Å². The molecule has 0 spiro atoms. The summed E-state index contributed by atoms with van der Waals surface area (Å²) < 4.78 is 31.8. The third kappa shape index (κ3) is 33.6. The maximum atomic E-state index is 12.4. The van der Waals surface area contributed by atoms with Crippen LogP contribution >= 0.6 is 7.82 Å². The molecular formula is C39H67O8P. The summed E-state index contributed by atoms with van der Waals surface area (Å²) in [7, 11) is -3.22. The van der Waals surface area contributed by atoms with Gasteiger partial charge in [0.25, 0.3) is 0 Å². The molecule has 0 amide bonds. The molecule has 276 valence electrons. The van der Waals surface area contributed by atoms with Crippen molar-refractivity contribution in [1.82, 2.24) is 0 Å². The first-order valence-corrected chi connectivity index (χ1v) is 20.0. The second kappa shape index (κ2) is 34.6. The predicted octanol–water partition coefficient (Wildman–Crippen LogP) is 11.2. The Kier molecular flexibility index (Phi) is 33.0. The number of carbonyl (C=O) groups is 2. The molecule has 0 aromatic heterocycles. The monoisotopic (exact) mass is 694 g/mol. The first-order chi connectivity index (χ1) is 23.3. The van der Waals surface area contributed by atoms with Crippen LogP contribution in [0.4, 0.5) is 0 Å². The lowest BCUT2D eigenvalue weighted by atomic mass is 10.1. The van der Waals surface area contributed by atoms with E-state index < -0.39 is 32.5 Å². The van der Waals surface area contributed by atoms with Crippen molar-refractivity contribution in [3.63, 3.8) is 0 Å². The zero-order chi connectivity index (χ0) is 35.4. The van der Waals surface area contributed by atoms with Crippen molar-refractivity contribution in [3.05, 3.63) is 60.8 Å². The van der Waals surface area contributed by atoms with Crippen molar-refractivity contribution in [1.29, 1.82) is 0 Å². The molecule has 0 rings (SSSR count). The highest BCUT2D eigenvalue weighted by molar-refractivity contribution is 7.47. The number of phosphoric ester groups is 1. The molecule has 0 fully saturated rings. The second-order valence-electron chi connectivity index (χ2n) is 12.0.